The highest BCUT2D eigenvalue weighted by Crippen LogP contribution is 2.44. The van der Waals surface area contributed by atoms with Crippen molar-refractivity contribution in [3.8, 4) is 39.3 Å². The van der Waals surface area contributed by atoms with Crippen LogP contribution in [-0.4, -0.2) is 13.7 Å². The standard InChI is InChI=1S/C54H35N3/c1-3-17-38(18-4-1)56-51-31-13-9-23-45(51)47-27-15-25-41(53(47)56)36-33-37(35-40(34-36)55-49-29-11-7-21-43(49)44-22-8-12-30-50(44)55)42-26-16-28-48-46-24-10-14-32-52(46)57(54(42)48)39-19-5-2-6-20-39/h1-35H. The molecule has 9 aromatic carbocycles. The van der Waals surface area contributed by atoms with Crippen molar-refractivity contribution in [2.75, 3.05) is 0 Å². The molecule has 3 aromatic heterocycles. The maximum Gasteiger partial charge on any atom is 0.0619 e. The Kier molecular flexibility index (Phi) is 6.93. The average molecular weight is 726 g/mol. The molecule has 0 spiro atoms. The van der Waals surface area contributed by atoms with E-state index >= 15 is 0 Å². The molecule has 0 unspecified atom stereocenters. The predicted octanol–water partition coefficient (Wildman–Crippen LogP) is 14.3. The Balaban J connectivity index is 1.23. The summed E-state index contributed by atoms with van der Waals surface area (Å²) in [5.41, 5.74) is 15.3. The van der Waals surface area contributed by atoms with Crippen LogP contribution in [0.2, 0.25) is 0 Å². The first kappa shape index (κ1) is 31.7. The molecular formula is C54H35N3. The molecule has 0 N–H and O–H groups in total. The molecule has 57 heavy (non-hydrogen) atoms. The summed E-state index contributed by atoms with van der Waals surface area (Å²) in [4.78, 5) is 0. The fourth-order valence-electron chi connectivity index (χ4n) is 9.45. The number of benzene rings is 9. The summed E-state index contributed by atoms with van der Waals surface area (Å²) in [5, 5.41) is 7.46. The topological polar surface area (TPSA) is 14.8 Å². The van der Waals surface area contributed by atoms with Gasteiger partial charge in [0.2, 0.25) is 0 Å². The third kappa shape index (κ3) is 4.73. The summed E-state index contributed by atoms with van der Waals surface area (Å²) in [6.07, 6.45) is 0. The maximum atomic E-state index is 2.46. The molecule has 0 atom stereocenters. The van der Waals surface area contributed by atoms with Crippen LogP contribution in [-0.2, 0) is 0 Å². The largest absolute Gasteiger partial charge is 0.309 e. The number of hydrogen-bond donors (Lipinski definition) is 0. The minimum atomic E-state index is 1.12. The highest BCUT2D eigenvalue weighted by atomic mass is 15.0. The fraction of sp³-hybridized carbons (Fsp3) is 0. The minimum absolute atomic E-state index is 1.12. The number of nitrogens with zero attached hydrogens (tertiary/aromatic N) is 3. The van der Waals surface area contributed by atoms with Gasteiger partial charge in [-0.15, -0.1) is 0 Å². The molecule has 0 saturated heterocycles. The lowest BCUT2D eigenvalue weighted by Gasteiger charge is -2.17. The van der Waals surface area contributed by atoms with Gasteiger partial charge in [0.05, 0.1) is 33.1 Å². The number of para-hydroxylation sites is 8. The van der Waals surface area contributed by atoms with Crippen molar-refractivity contribution in [1.29, 1.82) is 0 Å². The van der Waals surface area contributed by atoms with E-state index in [9.17, 15) is 0 Å². The molecule has 0 amide bonds. The third-order valence-corrected chi connectivity index (χ3v) is 11.8. The quantitative estimate of drug-likeness (QED) is 0.168. The predicted molar refractivity (Wildman–Crippen MR) is 240 cm³/mol. The van der Waals surface area contributed by atoms with Crippen LogP contribution in [0.25, 0.3) is 105 Å². The number of hydrogen-bond acceptors (Lipinski definition) is 0. The van der Waals surface area contributed by atoms with Gasteiger partial charge in [0, 0.05) is 60.5 Å². The first-order valence-corrected chi connectivity index (χ1v) is 19.6. The van der Waals surface area contributed by atoms with Crippen LogP contribution in [0.15, 0.2) is 212 Å². The van der Waals surface area contributed by atoms with Crippen molar-refractivity contribution < 1.29 is 0 Å². The molecule has 0 radical (unpaired) electrons. The highest BCUT2D eigenvalue weighted by molar-refractivity contribution is 6.16. The van der Waals surface area contributed by atoms with Crippen LogP contribution in [0, 0.1) is 0 Å². The Morgan fingerprint density at radius 2 is 0.561 bits per heavy atom. The lowest BCUT2D eigenvalue weighted by molar-refractivity contribution is 1.17. The van der Waals surface area contributed by atoms with Crippen molar-refractivity contribution in [3.05, 3.63) is 212 Å². The van der Waals surface area contributed by atoms with Crippen LogP contribution in [0.4, 0.5) is 0 Å². The van der Waals surface area contributed by atoms with Gasteiger partial charge in [0.25, 0.3) is 0 Å². The van der Waals surface area contributed by atoms with Gasteiger partial charge in [0.1, 0.15) is 0 Å². The molecule has 0 aliphatic rings. The van der Waals surface area contributed by atoms with Gasteiger partial charge < -0.3 is 13.7 Å². The summed E-state index contributed by atoms with van der Waals surface area (Å²) in [5.74, 6) is 0. The van der Waals surface area contributed by atoms with E-state index in [0.717, 1.165) is 28.2 Å². The third-order valence-electron chi connectivity index (χ3n) is 11.8. The maximum absolute atomic E-state index is 2.46. The molecule has 3 heterocycles. The van der Waals surface area contributed by atoms with Crippen LogP contribution in [0.1, 0.15) is 0 Å². The Bertz CT molecular complexity index is 3280. The van der Waals surface area contributed by atoms with E-state index in [-0.39, 0.29) is 0 Å². The van der Waals surface area contributed by atoms with E-state index in [1.807, 2.05) is 0 Å². The van der Waals surface area contributed by atoms with E-state index in [4.69, 9.17) is 0 Å². The molecule has 12 aromatic rings. The van der Waals surface area contributed by atoms with Crippen LogP contribution in [0.3, 0.4) is 0 Å². The number of rotatable bonds is 5. The van der Waals surface area contributed by atoms with Gasteiger partial charge in [-0.3, -0.25) is 0 Å². The van der Waals surface area contributed by atoms with Crippen molar-refractivity contribution in [1.82, 2.24) is 13.7 Å². The van der Waals surface area contributed by atoms with E-state index in [0.29, 0.717) is 0 Å². The zero-order valence-corrected chi connectivity index (χ0v) is 31.0. The molecule has 3 heteroatoms. The fourth-order valence-corrected chi connectivity index (χ4v) is 9.45. The van der Waals surface area contributed by atoms with Crippen molar-refractivity contribution in [2.45, 2.75) is 0 Å². The Morgan fingerprint density at radius 1 is 0.228 bits per heavy atom. The second kappa shape index (κ2) is 12.5. The van der Waals surface area contributed by atoms with Gasteiger partial charge >= 0.3 is 0 Å². The number of fused-ring (bicyclic) bond motifs is 9. The molecule has 0 bridgehead atoms. The lowest BCUT2D eigenvalue weighted by Crippen LogP contribution is -1.99. The summed E-state index contributed by atoms with van der Waals surface area (Å²) < 4.78 is 7.35. The van der Waals surface area contributed by atoms with Crippen molar-refractivity contribution >= 4 is 65.4 Å². The molecule has 3 nitrogen and oxygen atoms in total. The summed E-state index contributed by atoms with van der Waals surface area (Å²) in [7, 11) is 0. The first-order valence-electron chi connectivity index (χ1n) is 19.6. The highest BCUT2D eigenvalue weighted by Gasteiger charge is 2.21. The average Bonchev–Trinajstić information content (AvgIpc) is 3.93. The van der Waals surface area contributed by atoms with E-state index in [2.05, 4.69) is 226 Å². The summed E-state index contributed by atoms with van der Waals surface area (Å²) in [6.45, 7) is 0. The van der Waals surface area contributed by atoms with Crippen molar-refractivity contribution in [2.24, 2.45) is 0 Å². The Morgan fingerprint density at radius 3 is 0.982 bits per heavy atom. The Hall–Kier alpha value is -7.62. The van der Waals surface area contributed by atoms with E-state index in [1.54, 1.807) is 0 Å². The second-order valence-corrected chi connectivity index (χ2v) is 14.9. The molecule has 12 rings (SSSR count). The molecule has 0 aliphatic carbocycles. The molecule has 266 valence electrons. The van der Waals surface area contributed by atoms with E-state index in [1.165, 1.54) is 76.5 Å². The second-order valence-electron chi connectivity index (χ2n) is 14.9. The van der Waals surface area contributed by atoms with E-state index < -0.39 is 0 Å². The molecule has 0 saturated carbocycles. The number of aromatic nitrogens is 3. The van der Waals surface area contributed by atoms with Gasteiger partial charge in [-0.25, -0.2) is 0 Å². The van der Waals surface area contributed by atoms with Crippen LogP contribution < -0.4 is 0 Å². The summed E-state index contributed by atoms with van der Waals surface area (Å²) >= 11 is 0. The van der Waals surface area contributed by atoms with Gasteiger partial charge in [-0.1, -0.05) is 146 Å². The van der Waals surface area contributed by atoms with Crippen LogP contribution >= 0.6 is 0 Å². The lowest BCUT2D eigenvalue weighted by atomic mass is 9.95. The molecule has 0 fully saturated rings. The van der Waals surface area contributed by atoms with Crippen LogP contribution in [0.5, 0.6) is 0 Å². The van der Waals surface area contributed by atoms with Gasteiger partial charge in [-0.2, -0.15) is 0 Å². The van der Waals surface area contributed by atoms with Crippen molar-refractivity contribution in [3.63, 3.8) is 0 Å². The molecule has 0 aliphatic heterocycles. The molecular weight excluding hydrogens is 691 g/mol. The normalized spacial score (nSPS) is 11.9. The van der Waals surface area contributed by atoms with Gasteiger partial charge in [0.15, 0.2) is 0 Å². The first-order chi connectivity index (χ1) is 28.3. The van der Waals surface area contributed by atoms with Gasteiger partial charge in [-0.05, 0) is 77.9 Å². The Labute approximate surface area is 329 Å². The monoisotopic (exact) mass is 725 g/mol. The smallest absolute Gasteiger partial charge is 0.0619 e. The zero-order valence-electron chi connectivity index (χ0n) is 31.0. The zero-order chi connectivity index (χ0) is 37.5. The minimum Gasteiger partial charge on any atom is -0.309 e. The SMILES string of the molecule is c1ccc(-n2c3ccccc3c3cccc(-c4cc(-c5cccc6c7ccccc7n(-c7ccccc7)c56)cc(-n5c6ccccc6c6ccccc65)c4)c32)cc1. The summed E-state index contributed by atoms with van der Waals surface area (Å²) in [6, 6.07) is 77.6.